The Morgan fingerprint density at radius 1 is 1.48 bits per heavy atom. The highest BCUT2D eigenvalue weighted by Crippen LogP contribution is 2.55. The Kier molecular flexibility index (Phi) is 4.62. The molecule has 1 atom stereocenters. The minimum Gasteiger partial charge on any atom is -0.383 e. The van der Waals surface area contributed by atoms with Gasteiger partial charge in [0.2, 0.25) is 0 Å². The molecule has 21 heavy (non-hydrogen) atoms. The Morgan fingerprint density at radius 2 is 2.29 bits per heavy atom. The first kappa shape index (κ1) is 15.0. The number of imidazole rings is 1. The van der Waals surface area contributed by atoms with Crippen molar-refractivity contribution in [1.82, 2.24) is 19.8 Å². The van der Waals surface area contributed by atoms with Crippen LogP contribution in [0.1, 0.15) is 32.0 Å². The maximum atomic E-state index is 5.32. The van der Waals surface area contributed by atoms with Gasteiger partial charge in [0.05, 0.1) is 13.2 Å². The number of piperidine rings is 1. The number of hydrogen-bond donors (Lipinski definition) is 1. The number of methoxy groups -OCH3 is 1. The molecule has 5 heteroatoms. The summed E-state index contributed by atoms with van der Waals surface area (Å²) in [6.45, 7) is 8.29. The summed E-state index contributed by atoms with van der Waals surface area (Å²) in [5.74, 6) is 1.18. The van der Waals surface area contributed by atoms with Crippen LogP contribution in [0.15, 0.2) is 12.4 Å². The van der Waals surface area contributed by atoms with E-state index in [2.05, 4.69) is 32.9 Å². The third-order valence-electron chi connectivity index (χ3n) is 5.26. The zero-order valence-corrected chi connectivity index (χ0v) is 13.3. The molecule has 2 aliphatic rings. The molecule has 1 aromatic rings. The normalized spacial score (nSPS) is 23.9. The van der Waals surface area contributed by atoms with E-state index >= 15 is 0 Å². The van der Waals surface area contributed by atoms with Crippen LogP contribution < -0.4 is 5.32 Å². The number of aryl methyl sites for hydroxylation is 1. The van der Waals surface area contributed by atoms with E-state index in [0.29, 0.717) is 5.41 Å². The van der Waals surface area contributed by atoms with Crippen LogP contribution in [0.4, 0.5) is 0 Å². The number of aromatic nitrogens is 2. The fraction of sp³-hybridized carbons (Fsp3) is 0.812. The monoisotopic (exact) mass is 292 g/mol. The van der Waals surface area contributed by atoms with Crippen LogP contribution in [0.25, 0.3) is 0 Å². The summed E-state index contributed by atoms with van der Waals surface area (Å²) < 4.78 is 7.57. The van der Waals surface area contributed by atoms with Crippen molar-refractivity contribution in [3.05, 3.63) is 18.2 Å². The standard InChI is InChI=1S/C16H28N4O/c1-3-19-9-8-18-15(19)13-20(10-11-21-2)14-12-16(14)4-6-17-7-5-16/h8-9,14,17H,3-7,10-13H2,1-2H3/t14-/m0/s1. The van der Waals surface area contributed by atoms with E-state index in [1.165, 1.54) is 38.2 Å². The highest BCUT2D eigenvalue weighted by atomic mass is 16.5. The number of rotatable bonds is 7. The number of nitrogens with one attached hydrogen (secondary N) is 1. The van der Waals surface area contributed by atoms with Gasteiger partial charge in [-0.25, -0.2) is 4.98 Å². The summed E-state index contributed by atoms with van der Waals surface area (Å²) in [5.41, 5.74) is 0.572. The lowest BCUT2D eigenvalue weighted by Crippen LogP contribution is -2.37. The highest BCUT2D eigenvalue weighted by molar-refractivity contribution is 5.11. The zero-order valence-electron chi connectivity index (χ0n) is 13.3. The van der Waals surface area contributed by atoms with Gasteiger partial charge in [0.25, 0.3) is 0 Å². The maximum absolute atomic E-state index is 5.32. The van der Waals surface area contributed by atoms with Gasteiger partial charge < -0.3 is 14.6 Å². The van der Waals surface area contributed by atoms with Crippen molar-refractivity contribution >= 4 is 0 Å². The SMILES string of the molecule is CCn1ccnc1CN(CCOC)[C@H]1CC12CCNCC2. The molecule has 1 saturated carbocycles. The van der Waals surface area contributed by atoms with Gasteiger partial charge in [-0.3, -0.25) is 4.90 Å². The molecule has 2 fully saturated rings. The van der Waals surface area contributed by atoms with Crippen LogP contribution in [0.3, 0.4) is 0 Å². The number of hydrogen-bond acceptors (Lipinski definition) is 4. The average Bonchev–Trinajstić information content (AvgIpc) is 3.00. The van der Waals surface area contributed by atoms with Crippen molar-refractivity contribution in [1.29, 1.82) is 0 Å². The number of ether oxygens (including phenoxy) is 1. The van der Waals surface area contributed by atoms with Gasteiger partial charge in [0, 0.05) is 38.6 Å². The van der Waals surface area contributed by atoms with Crippen molar-refractivity contribution in [3.63, 3.8) is 0 Å². The summed E-state index contributed by atoms with van der Waals surface area (Å²) in [6, 6.07) is 0.719. The molecule has 1 aromatic heterocycles. The Balaban J connectivity index is 1.67. The van der Waals surface area contributed by atoms with E-state index in [0.717, 1.165) is 32.3 Å². The predicted molar refractivity (Wildman–Crippen MR) is 83.1 cm³/mol. The topological polar surface area (TPSA) is 42.3 Å². The van der Waals surface area contributed by atoms with Crippen LogP contribution in [0.2, 0.25) is 0 Å². The van der Waals surface area contributed by atoms with Crippen LogP contribution in [-0.2, 0) is 17.8 Å². The summed E-state index contributed by atoms with van der Waals surface area (Å²) >= 11 is 0. The second kappa shape index (κ2) is 6.46. The molecule has 1 N–H and O–H groups in total. The minimum atomic E-state index is 0.572. The van der Waals surface area contributed by atoms with Gasteiger partial charge in [-0.15, -0.1) is 0 Å². The molecule has 0 bridgehead atoms. The zero-order chi connectivity index (χ0) is 14.7. The lowest BCUT2D eigenvalue weighted by molar-refractivity contribution is 0.121. The van der Waals surface area contributed by atoms with Crippen LogP contribution in [0.5, 0.6) is 0 Å². The van der Waals surface area contributed by atoms with Crippen molar-refractivity contribution < 1.29 is 4.74 Å². The van der Waals surface area contributed by atoms with Gasteiger partial charge in [0.1, 0.15) is 5.82 Å². The van der Waals surface area contributed by atoms with Crippen molar-refractivity contribution in [2.75, 3.05) is 33.4 Å². The second-order valence-electron chi connectivity index (χ2n) is 6.43. The Labute approximate surface area is 127 Å². The van der Waals surface area contributed by atoms with Crippen LogP contribution in [0, 0.1) is 5.41 Å². The quantitative estimate of drug-likeness (QED) is 0.827. The van der Waals surface area contributed by atoms with E-state index in [9.17, 15) is 0 Å². The maximum Gasteiger partial charge on any atom is 0.122 e. The van der Waals surface area contributed by atoms with E-state index in [1.54, 1.807) is 7.11 Å². The molecule has 1 saturated heterocycles. The van der Waals surface area contributed by atoms with E-state index in [1.807, 2.05) is 6.20 Å². The van der Waals surface area contributed by atoms with Crippen LogP contribution >= 0.6 is 0 Å². The fourth-order valence-electron chi connectivity index (χ4n) is 3.82. The van der Waals surface area contributed by atoms with Gasteiger partial charge in [0.15, 0.2) is 0 Å². The first-order valence-electron chi connectivity index (χ1n) is 8.23. The highest BCUT2D eigenvalue weighted by Gasteiger charge is 2.56. The lowest BCUT2D eigenvalue weighted by Gasteiger charge is -2.29. The van der Waals surface area contributed by atoms with Gasteiger partial charge in [-0.2, -0.15) is 0 Å². The summed E-state index contributed by atoms with van der Waals surface area (Å²) in [4.78, 5) is 7.15. The summed E-state index contributed by atoms with van der Waals surface area (Å²) in [6.07, 6.45) is 8.00. The van der Waals surface area contributed by atoms with Gasteiger partial charge >= 0.3 is 0 Å². The molecule has 3 rings (SSSR count). The van der Waals surface area contributed by atoms with E-state index in [-0.39, 0.29) is 0 Å². The van der Waals surface area contributed by atoms with Gasteiger partial charge in [-0.05, 0) is 44.7 Å². The largest absolute Gasteiger partial charge is 0.383 e. The number of nitrogens with zero attached hydrogens (tertiary/aromatic N) is 3. The first-order chi connectivity index (χ1) is 10.3. The Morgan fingerprint density at radius 3 is 3.00 bits per heavy atom. The third kappa shape index (κ3) is 3.15. The van der Waals surface area contributed by atoms with E-state index < -0.39 is 0 Å². The minimum absolute atomic E-state index is 0.572. The molecule has 5 nitrogen and oxygen atoms in total. The predicted octanol–water partition coefficient (Wildman–Crippen LogP) is 1.49. The van der Waals surface area contributed by atoms with E-state index in [4.69, 9.17) is 4.74 Å². The summed E-state index contributed by atoms with van der Waals surface area (Å²) in [5, 5.41) is 3.49. The van der Waals surface area contributed by atoms with Crippen molar-refractivity contribution in [2.24, 2.45) is 5.41 Å². The molecular formula is C16H28N4O. The molecule has 118 valence electrons. The fourth-order valence-corrected chi connectivity index (χ4v) is 3.82. The van der Waals surface area contributed by atoms with Crippen molar-refractivity contribution in [3.8, 4) is 0 Å². The molecular weight excluding hydrogens is 264 g/mol. The van der Waals surface area contributed by atoms with Gasteiger partial charge in [-0.1, -0.05) is 0 Å². The average molecular weight is 292 g/mol. The van der Waals surface area contributed by atoms with Crippen LogP contribution in [-0.4, -0.2) is 53.8 Å². The molecule has 1 aliphatic carbocycles. The molecule has 0 radical (unpaired) electrons. The first-order valence-corrected chi connectivity index (χ1v) is 8.23. The smallest absolute Gasteiger partial charge is 0.122 e. The molecule has 1 aliphatic heterocycles. The molecule has 0 amide bonds. The molecule has 1 spiro atoms. The molecule has 0 unspecified atom stereocenters. The molecule has 2 heterocycles. The Hall–Kier alpha value is -0.910. The molecule has 0 aromatic carbocycles. The summed E-state index contributed by atoms with van der Waals surface area (Å²) in [7, 11) is 1.79. The second-order valence-corrected chi connectivity index (χ2v) is 6.43. The lowest BCUT2D eigenvalue weighted by atomic mass is 9.93. The van der Waals surface area contributed by atoms with Crippen molar-refractivity contribution in [2.45, 2.75) is 45.3 Å². The third-order valence-corrected chi connectivity index (χ3v) is 5.26. The Bertz CT molecular complexity index is 453.